The Labute approximate surface area is 490 Å². The molecule has 432 valence electrons. The van der Waals surface area contributed by atoms with Crippen LogP contribution in [0.4, 0.5) is 0 Å². The summed E-state index contributed by atoms with van der Waals surface area (Å²) in [4.78, 5) is 68.2. The highest BCUT2D eigenvalue weighted by molar-refractivity contribution is 6.01. The molecular weight excluding hydrogens is 1060 g/mol. The maximum Gasteiger partial charge on any atom is 0.338 e. The number of methoxy groups -OCH3 is 3. The van der Waals surface area contributed by atoms with E-state index in [-0.39, 0.29) is 34.8 Å². The molecule has 0 amide bonds. The Balaban J connectivity index is 0.927. The van der Waals surface area contributed by atoms with E-state index in [1.807, 2.05) is 91.0 Å². The molecule has 3 aromatic heterocycles. The third kappa shape index (κ3) is 10.3. The smallest absolute Gasteiger partial charge is 0.338 e. The summed E-state index contributed by atoms with van der Waals surface area (Å²) in [6.45, 7) is 17.4. The quantitative estimate of drug-likeness (QED) is 0.0454. The van der Waals surface area contributed by atoms with Crippen LogP contribution in [0.1, 0.15) is 105 Å². The summed E-state index contributed by atoms with van der Waals surface area (Å²) in [5.74, 6) is 1.70. The first-order chi connectivity index (χ1) is 41.0. The molecule has 0 radical (unpaired) electrons. The van der Waals surface area contributed by atoms with Crippen molar-refractivity contribution in [1.29, 1.82) is 0 Å². The van der Waals surface area contributed by atoms with Gasteiger partial charge in [-0.1, -0.05) is 18.2 Å². The number of hydrogen-bond donors (Lipinski definition) is 0. The van der Waals surface area contributed by atoms with E-state index in [1.54, 1.807) is 39.9 Å². The van der Waals surface area contributed by atoms with Crippen molar-refractivity contribution >= 4 is 50.6 Å². The Morgan fingerprint density at radius 2 is 0.750 bits per heavy atom. The summed E-state index contributed by atoms with van der Waals surface area (Å²) < 4.78 is 38.0. The van der Waals surface area contributed by atoms with Crippen molar-refractivity contribution in [1.82, 2.24) is 29.7 Å². The first kappa shape index (κ1) is 55.2. The zero-order chi connectivity index (χ0) is 57.8. The van der Waals surface area contributed by atoms with E-state index in [4.69, 9.17) is 43.4 Å². The van der Waals surface area contributed by atoms with Crippen molar-refractivity contribution in [2.24, 2.45) is 35.5 Å². The number of aromatic nitrogens is 3. The molecule has 84 heavy (non-hydrogen) atoms. The standard InChI is InChI=1S/C69H72N6O9/c1-7-40-37-73-25-19-43(40)31-61(73)64(52-16-22-70-58-13-10-49(79-4)34-55(52)58)82-67(76)46-28-47(68(77)83-65(62-32-44-20-26-74(62)38-41(44)8-2)53-17-23-71-59-14-11-50(80-5)35-56(53)59)30-48(29-46)69(78)84-66(63-33-45-21-27-75(63)39-42(45)9-3)54-18-24-72-60-15-12-51(81-6)36-57(54)60/h7-18,22-24,28-30,34-36,40-45,61-66H,1-3,19-21,25-27,31-33,37-39H2,4-6H3/t40-,41-,42-,43-,44-,45-,61+,62+,63+,64+,65+,66+/m0/s1. The summed E-state index contributed by atoms with van der Waals surface area (Å²) in [5, 5.41) is 2.37. The Morgan fingerprint density at radius 3 is 1.00 bits per heavy atom. The van der Waals surface area contributed by atoms with Crippen molar-refractivity contribution in [2.45, 2.75) is 75.0 Å². The fourth-order valence-corrected chi connectivity index (χ4v) is 15.2. The average molecular weight is 1130 g/mol. The van der Waals surface area contributed by atoms with Crippen LogP contribution in [-0.2, 0) is 14.2 Å². The highest BCUT2D eigenvalue weighted by atomic mass is 16.6. The van der Waals surface area contributed by atoms with Gasteiger partial charge in [0.15, 0.2) is 0 Å². The molecule has 9 aliphatic rings. The fourth-order valence-electron chi connectivity index (χ4n) is 15.2. The largest absolute Gasteiger partial charge is 0.497 e. The Kier molecular flexibility index (Phi) is 15.3. The highest BCUT2D eigenvalue weighted by Crippen LogP contribution is 2.48. The molecule has 9 fully saturated rings. The van der Waals surface area contributed by atoms with Crippen LogP contribution in [0.2, 0.25) is 0 Å². The van der Waals surface area contributed by atoms with Gasteiger partial charge in [0.05, 0.1) is 72.7 Å². The molecule has 0 aliphatic carbocycles. The highest BCUT2D eigenvalue weighted by Gasteiger charge is 2.48. The molecule has 15 nitrogen and oxygen atoms in total. The minimum absolute atomic E-state index is 0.00725. The number of carbonyl (C=O) groups excluding carboxylic acids is 3. The number of fused-ring (bicyclic) bond motifs is 12. The summed E-state index contributed by atoms with van der Waals surface area (Å²) in [7, 11) is 4.87. The Bertz CT molecular complexity index is 3330. The second-order valence-corrected chi connectivity index (χ2v) is 23.9. The van der Waals surface area contributed by atoms with E-state index < -0.39 is 36.2 Å². The summed E-state index contributed by atoms with van der Waals surface area (Å²) in [6, 6.07) is 26.7. The number of ether oxygens (including phenoxy) is 6. The molecule has 0 N–H and O–H groups in total. The topological polar surface area (TPSA) is 155 Å². The molecule has 15 heteroatoms. The summed E-state index contributed by atoms with van der Waals surface area (Å²) >= 11 is 0. The van der Waals surface area contributed by atoms with Gasteiger partial charge in [-0.2, -0.15) is 0 Å². The van der Waals surface area contributed by atoms with E-state index >= 15 is 14.4 Å². The average Bonchev–Trinajstić information content (AvgIpc) is 3.39. The number of rotatable bonds is 18. The van der Waals surface area contributed by atoms with Gasteiger partial charge in [0.2, 0.25) is 0 Å². The molecule has 0 spiro atoms. The predicted octanol–water partition coefficient (Wildman–Crippen LogP) is 11.7. The van der Waals surface area contributed by atoms with Crippen LogP contribution in [0.15, 0.2) is 148 Å². The minimum atomic E-state index is -0.789. The van der Waals surface area contributed by atoms with Crippen LogP contribution < -0.4 is 14.2 Å². The van der Waals surface area contributed by atoms with Crippen molar-refractivity contribution in [3.63, 3.8) is 0 Å². The number of pyridine rings is 3. The predicted molar refractivity (Wildman–Crippen MR) is 321 cm³/mol. The molecule has 7 aromatic rings. The number of hydrogen-bond acceptors (Lipinski definition) is 15. The van der Waals surface area contributed by atoms with Gasteiger partial charge in [-0.15, -0.1) is 19.7 Å². The zero-order valence-electron chi connectivity index (χ0n) is 48.0. The van der Waals surface area contributed by atoms with Gasteiger partial charge in [0.25, 0.3) is 0 Å². The number of carbonyl (C=O) groups is 3. The van der Waals surface area contributed by atoms with Gasteiger partial charge in [0.1, 0.15) is 35.6 Å². The van der Waals surface area contributed by atoms with Crippen molar-refractivity contribution in [3.8, 4) is 17.2 Å². The Morgan fingerprint density at radius 1 is 0.452 bits per heavy atom. The van der Waals surface area contributed by atoms with Gasteiger partial charge in [-0.05, 0) is 185 Å². The summed E-state index contributed by atoms with van der Waals surface area (Å²) in [5.41, 5.74) is 4.46. The second kappa shape index (κ2) is 23.2. The number of nitrogens with zero attached hydrogens (tertiary/aromatic N) is 6. The fraction of sp³-hybridized carbons (Fsp3) is 0.391. The second-order valence-electron chi connectivity index (χ2n) is 23.9. The minimum Gasteiger partial charge on any atom is -0.497 e. The van der Waals surface area contributed by atoms with E-state index in [1.165, 1.54) is 18.2 Å². The van der Waals surface area contributed by atoms with Gasteiger partial charge < -0.3 is 28.4 Å². The molecule has 16 rings (SSSR count). The molecule has 9 aliphatic heterocycles. The van der Waals surface area contributed by atoms with Gasteiger partial charge in [0, 0.05) is 71.1 Å². The van der Waals surface area contributed by atoms with Crippen molar-refractivity contribution in [2.75, 3.05) is 60.6 Å². The third-order valence-electron chi connectivity index (χ3n) is 19.7. The lowest BCUT2D eigenvalue weighted by atomic mass is 9.73. The molecule has 6 bridgehead atoms. The zero-order valence-corrected chi connectivity index (χ0v) is 48.0. The first-order valence-corrected chi connectivity index (χ1v) is 29.7. The van der Waals surface area contributed by atoms with Gasteiger partial charge >= 0.3 is 17.9 Å². The Hall–Kier alpha value is -7.98. The number of esters is 3. The van der Waals surface area contributed by atoms with E-state index in [9.17, 15) is 0 Å². The van der Waals surface area contributed by atoms with Crippen LogP contribution in [0.5, 0.6) is 17.2 Å². The lowest BCUT2D eigenvalue weighted by Crippen LogP contribution is -2.55. The first-order valence-electron chi connectivity index (χ1n) is 29.7. The van der Waals surface area contributed by atoms with E-state index in [0.29, 0.717) is 52.8 Å². The van der Waals surface area contributed by atoms with E-state index in [0.717, 1.165) is 127 Å². The van der Waals surface area contributed by atoms with Crippen LogP contribution in [-0.4, -0.2) is 126 Å². The van der Waals surface area contributed by atoms with Crippen LogP contribution in [0, 0.1) is 35.5 Å². The monoisotopic (exact) mass is 1130 g/mol. The molecular formula is C69H72N6O9. The number of benzene rings is 4. The molecule has 3 unspecified atom stereocenters. The SMILES string of the molecule is C=C[C@H]1CN2CC[C@H]1C[C@@H]2[C@H](OC(=O)c1cc(C(=O)O[C@H](c2ccnc3ccc(OC)cc23)[C@H]2C[C@@H]3CCN2C[C@@H]3C=C)cc(C(=O)O[C@H](c2ccnc3ccc(OC)cc23)[C@H]2C[C@@H]3CCN2C[C@@H]3C=C)c1)c1ccnc2ccc(OC)cc12. The van der Waals surface area contributed by atoms with Crippen molar-refractivity contribution in [3.05, 3.63) is 181 Å². The maximum absolute atomic E-state index is 15.6. The summed E-state index contributed by atoms with van der Waals surface area (Å²) in [6.07, 6.45) is 14.3. The van der Waals surface area contributed by atoms with Gasteiger partial charge in [-0.25, -0.2) is 14.4 Å². The lowest BCUT2D eigenvalue weighted by molar-refractivity contribution is -0.0572. The molecule has 12 heterocycles. The molecule has 0 saturated carbocycles. The molecule has 4 aromatic carbocycles. The normalized spacial score (nSPS) is 27.8. The number of piperidine rings is 9. The third-order valence-corrected chi connectivity index (χ3v) is 19.7. The molecule has 9 saturated heterocycles. The molecule has 15 atom stereocenters. The van der Waals surface area contributed by atoms with Gasteiger partial charge in [-0.3, -0.25) is 29.7 Å². The lowest BCUT2D eigenvalue weighted by Gasteiger charge is -2.51. The maximum atomic E-state index is 15.6. The van der Waals surface area contributed by atoms with Crippen LogP contribution >= 0.6 is 0 Å². The van der Waals surface area contributed by atoms with E-state index in [2.05, 4.69) is 34.4 Å². The van der Waals surface area contributed by atoms with Crippen molar-refractivity contribution < 1.29 is 42.8 Å². The van der Waals surface area contributed by atoms with Crippen LogP contribution in [0.25, 0.3) is 32.7 Å². The van der Waals surface area contributed by atoms with Crippen LogP contribution in [0.3, 0.4) is 0 Å².